The lowest BCUT2D eigenvalue weighted by Gasteiger charge is -2.13. The van der Waals surface area contributed by atoms with Gasteiger partial charge in [0, 0.05) is 35.7 Å². The second kappa shape index (κ2) is 9.02. The summed E-state index contributed by atoms with van der Waals surface area (Å²) in [4.78, 5) is 21.2. The van der Waals surface area contributed by atoms with Crippen LogP contribution in [0.5, 0.6) is 5.75 Å². The Balaban J connectivity index is 1.89. The van der Waals surface area contributed by atoms with E-state index >= 15 is 0 Å². The van der Waals surface area contributed by atoms with Gasteiger partial charge in [-0.1, -0.05) is 22.9 Å². The number of anilines is 1. The van der Waals surface area contributed by atoms with Crippen LogP contribution in [-0.4, -0.2) is 53.6 Å². The monoisotopic (exact) mass is 467 g/mol. The lowest BCUT2D eigenvalue weighted by Crippen LogP contribution is -2.14. The largest absolute Gasteiger partial charge is 0.494 e. The van der Waals surface area contributed by atoms with Crippen LogP contribution in [0.3, 0.4) is 0 Å². The molecule has 0 unspecified atom stereocenters. The second-order valence-electron chi connectivity index (χ2n) is 6.41. The molecule has 9 nitrogen and oxygen atoms in total. The van der Waals surface area contributed by atoms with Crippen molar-refractivity contribution in [3.05, 3.63) is 45.9 Å². The second-order valence-corrected chi connectivity index (χ2v) is 10.1. The SMILES string of the molecule is COc1cnc(Cl)cc1-c1cc(C)ncc1C(=O)Nc1nnc(CCS(C)(=O)=O)s1. The smallest absolute Gasteiger partial charge is 0.259 e. The fourth-order valence-corrected chi connectivity index (χ4v) is 4.18. The third-order valence-electron chi connectivity index (χ3n) is 4.00. The molecule has 0 saturated carbocycles. The zero-order chi connectivity index (χ0) is 21.9. The zero-order valence-electron chi connectivity index (χ0n) is 16.3. The van der Waals surface area contributed by atoms with Crippen LogP contribution in [-0.2, 0) is 16.3 Å². The molecule has 3 heterocycles. The number of sulfone groups is 1. The lowest BCUT2D eigenvalue weighted by atomic mass is 10.0. The molecule has 0 saturated heterocycles. The van der Waals surface area contributed by atoms with Crippen LogP contribution < -0.4 is 10.1 Å². The van der Waals surface area contributed by atoms with Crippen molar-refractivity contribution in [2.45, 2.75) is 13.3 Å². The van der Waals surface area contributed by atoms with Gasteiger partial charge < -0.3 is 4.74 Å². The highest BCUT2D eigenvalue weighted by atomic mass is 35.5. The number of hydrogen-bond donors (Lipinski definition) is 1. The van der Waals surface area contributed by atoms with Crippen molar-refractivity contribution in [2.24, 2.45) is 0 Å². The van der Waals surface area contributed by atoms with Crippen molar-refractivity contribution in [2.75, 3.05) is 24.4 Å². The maximum absolute atomic E-state index is 12.9. The molecular weight excluding hydrogens is 450 g/mol. The van der Waals surface area contributed by atoms with Crippen molar-refractivity contribution in [1.29, 1.82) is 0 Å². The van der Waals surface area contributed by atoms with E-state index in [2.05, 4.69) is 25.5 Å². The molecule has 0 aliphatic heterocycles. The fourth-order valence-electron chi connectivity index (χ4n) is 2.60. The number of halogens is 1. The Bertz CT molecular complexity index is 1200. The van der Waals surface area contributed by atoms with E-state index in [0.29, 0.717) is 27.6 Å². The van der Waals surface area contributed by atoms with Crippen LogP contribution in [0.25, 0.3) is 11.1 Å². The first-order chi connectivity index (χ1) is 14.2. The Morgan fingerprint density at radius 2 is 1.97 bits per heavy atom. The normalized spacial score (nSPS) is 11.3. The van der Waals surface area contributed by atoms with Gasteiger partial charge >= 0.3 is 0 Å². The molecule has 30 heavy (non-hydrogen) atoms. The van der Waals surface area contributed by atoms with E-state index in [1.165, 1.54) is 19.5 Å². The molecule has 3 aromatic rings. The van der Waals surface area contributed by atoms with Gasteiger partial charge in [0.25, 0.3) is 5.91 Å². The van der Waals surface area contributed by atoms with E-state index in [0.717, 1.165) is 17.6 Å². The number of amides is 1. The summed E-state index contributed by atoms with van der Waals surface area (Å²) >= 11 is 7.16. The molecule has 1 N–H and O–H groups in total. The standard InChI is InChI=1S/C18H18ClN5O4S2/c1-10-6-11(12-7-15(19)21-9-14(12)28-2)13(8-20-10)17(25)22-18-24-23-16(29-18)4-5-30(3,26)27/h6-9H,4-5H2,1-3H3,(H,22,24,25). The van der Waals surface area contributed by atoms with Gasteiger partial charge in [-0.05, 0) is 19.1 Å². The third-order valence-corrected chi connectivity index (χ3v) is 6.05. The molecule has 158 valence electrons. The topological polar surface area (TPSA) is 124 Å². The first-order valence-corrected chi connectivity index (χ1v) is 11.9. The molecule has 0 spiro atoms. The molecule has 0 atom stereocenters. The minimum absolute atomic E-state index is 0.0375. The summed E-state index contributed by atoms with van der Waals surface area (Å²) in [5.74, 6) is -0.0270. The molecule has 0 aliphatic rings. The first kappa shape index (κ1) is 22.1. The number of nitrogens with one attached hydrogen (secondary N) is 1. The average Bonchev–Trinajstić information content (AvgIpc) is 3.13. The van der Waals surface area contributed by atoms with Crippen LogP contribution in [0, 0.1) is 6.92 Å². The van der Waals surface area contributed by atoms with Gasteiger partial charge in [0.2, 0.25) is 5.13 Å². The minimum atomic E-state index is -3.11. The quantitative estimate of drug-likeness (QED) is 0.526. The summed E-state index contributed by atoms with van der Waals surface area (Å²) in [5.41, 5.74) is 2.16. The number of hydrogen-bond acceptors (Lipinski definition) is 9. The van der Waals surface area contributed by atoms with E-state index in [1.807, 2.05) is 0 Å². The van der Waals surface area contributed by atoms with Crippen molar-refractivity contribution < 1.29 is 17.9 Å². The van der Waals surface area contributed by atoms with Crippen molar-refractivity contribution >= 4 is 43.8 Å². The Kier molecular flexibility index (Phi) is 6.64. The van der Waals surface area contributed by atoms with E-state index in [9.17, 15) is 13.2 Å². The Morgan fingerprint density at radius 1 is 1.20 bits per heavy atom. The molecule has 0 fully saturated rings. The Hall–Kier alpha value is -2.63. The Morgan fingerprint density at radius 3 is 2.67 bits per heavy atom. The van der Waals surface area contributed by atoms with Crippen LogP contribution in [0.1, 0.15) is 21.1 Å². The summed E-state index contributed by atoms with van der Waals surface area (Å²) < 4.78 is 28.0. The van der Waals surface area contributed by atoms with Crippen LogP contribution in [0.2, 0.25) is 5.15 Å². The third kappa shape index (κ3) is 5.49. The number of aromatic nitrogens is 4. The van der Waals surface area contributed by atoms with Crippen molar-refractivity contribution in [3.8, 4) is 16.9 Å². The number of pyridine rings is 2. The van der Waals surface area contributed by atoms with Gasteiger partial charge in [-0.25, -0.2) is 13.4 Å². The molecule has 1 amide bonds. The minimum Gasteiger partial charge on any atom is -0.494 e. The van der Waals surface area contributed by atoms with E-state index < -0.39 is 15.7 Å². The molecule has 12 heteroatoms. The van der Waals surface area contributed by atoms with Crippen LogP contribution >= 0.6 is 22.9 Å². The number of aryl methyl sites for hydroxylation is 2. The van der Waals surface area contributed by atoms with Gasteiger partial charge in [0.05, 0.1) is 24.6 Å². The van der Waals surface area contributed by atoms with Crippen molar-refractivity contribution in [3.63, 3.8) is 0 Å². The van der Waals surface area contributed by atoms with Gasteiger partial charge in [0.1, 0.15) is 25.7 Å². The molecule has 0 aromatic carbocycles. The number of ether oxygens (including phenoxy) is 1. The zero-order valence-corrected chi connectivity index (χ0v) is 18.7. The highest BCUT2D eigenvalue weighted by molar-refractivity contribution is 7.90. The summed E-state index contributed by atoms with van der Waals surface area (Å²) in [7, 11) is -1.61. The maximum Gasteiger partial charge on any atom is 0.259 e. The predicted octanol–water partition coefficient (Wildman–Crippen LogP) is 2.80. The summed E-state index contributed by atoms with van der Waals surface area (Å²) in [6.45, 7) is 1.80. The van der Waals surface area contributed by atoms with Crippen LogP contribution in [0.4, 0.5) is 5.13 Å². The highest BCUT2D eigenvalue weighted by Crippen LogP contribution is 2.34. The number of nitrogens with zero attached hydrogens (tertiary/aromatic N) is 4. The molecule has 3 rings (SSSR count). The predicted molar refractivity (Wildman–Crippen MR) is 115 cm³/mol. The lowest BCUT2D eigenvalue weighted by molar-refractivity contribution is 0.102. The number of carbonyl (C=O) groups is 1. The van der Waals surface area contributed by atoms with Gasteiger partial charge in [0.15, 0.2) is 0 Å². The molecule has 0 radical (unpaired) electrons. The summed E-state index contributed by atoms with van der Waals surface area (Å²) in [6, 6.07) is 3.36. The molecule has 0 bridgehead atoms. The van der Waals surface area contributed by atoms with E-state index in [4.69, 9.17) is 16.3 Å². The maximum atomic E-state index is 12.9. The number of methoxy groups -OCH3 is 1. The fraction of sp³-hybridized carbons (Fsp3) is 0.278. The molecule has 0 aliphatic carbocycles. The van der Waals surface area contributed by atoms with Gasteiger partial charge in [-0.15, -0.1) is 10.2 Å². The first-order valence-electron chi connectivity index (χ1n) is 8.64. The van der Waals surface area contributed by atoms with Gasteiger partial charge in [-0.2, -0.15) is 0 Å². The van der Waals surface area contributed by atoms with Crippen LogP contribution in [0.15, 0.2) is 24.5 Å². The van der Waals surface area contributed by atoms with Gasteiger partial charge in [-0.3, -0.25) is 15.1 Å². The molecule has 3 aromatic heterocycles. The summed E-state index contributed by atoms with van der Waals surface area (Å²) in [5, 5.41) is 11.6. The Labute approximate surface area is 182 Å². The summed E-state index contributed by atoms with van der Waals surface area (Å²) in [6.07, 6.45) is 4.33. The van der Waals surface area contributed by atoms with E-state index in [1.54, 1.807) is 19.1 Å². The number of carbonyl (C=O) groups excluding carboxylic acids is 1. The van der Waals surface area contributed by atoms with Crippen molar-refractivity contribution in [1.82, 2.24) is 20.2 Å². The highest BCUT2D eigenvalue weighted by Gasteiger charge is 2.19. The van der Waals surface area contributed by atoms with E-state index in [-0.39, 0.29) is 28.0 Å². The average molecular weight is 468 g/mol. The number of rotatable bonds is 7. The molecular formula is C18H18ClN5O4S2.